The number of hydrogen-bond donors (Lipinski definition) is 0. The molecule has 0 aliphatic heterocycles. The molecule has 0 aliphatic carbocycles. The van der Waals surface area contributed by atoms with Gasteiger partial charge in [0.2, 0.25) is 0 Å². The van der Waals surface area contributed by atoms with Crippen molar-refractivity contribution in [2.24, 2.45) is 0 Å². The molecule has 0 saturated carbocycles. The minimum absolute atomic E-state index is 0.0917. The molecule has 0 aliphatic rings. The van der Waals surface area contributed by atoms with E-state index in [1.807, 2.05) is 19.1 Å². The summed E-state index contributed by atoms with van der Waals surface area (Å²) in [6.45, 7) is 2.66. The molecule has 0 radical (unpaired) electrons. The summed E-state index contributed by atoms with van der Waals surface area (Å²) in [5.74, 6) is 0. The Bertz CT molecular complexity index is 272. The highest BCUT2D eigenvalue weighted by molar-refractivity contribution is 14.1. The minimum atomic E-state index is -0.0917. The third-order valence-corrected chi connectivity index (χ3v) is 3.03. The van der Waals surface area contributed by atoms with Crippen LogP contribution >= 0.6 is 22.6 Å². The van der Waals surface area contributed by atoms with Crippen molar-refractivity contribution in [1.82, 2.24) is 0 Å². The molecule has 0 aromatic heterocycles. The molecule has 0 fully saturated rings. The third kappa shape index (κ3) is 3.55. The predicted molar refractivity (Wildman–Crippen MR) is 65.0 cm³/mol. The highest BCUT2D eigenvalue weighted by Gasteiger charge is 2.05. The molecule has 0 spiro atoms. The van der Waals surface area contributed by atoms with Gasteiger partial charge in [0.25, 0.3) is 0 Å². The molecule has 0 unspecified atom stereocenters. The fourth-order valence-corrected chi connectivity index (χ4v) is 1.69. The van der Waals surface area contributed by atoms with Gasteiger partial charge in [-0.25, -0.2) is 0 Å². The summed E-state index contributed by atoms with van der Waals surface area (Å²) in [4.78, 5) is 0. The Morgan fingerprint density at radius 3 is 2.64 bits per heavy atom. The van der Waals surface area contributed by atoms with Gasteiger partial charge in [0.15, 0.2) is 6.29 Å². The number of halogens is 1. The second kappa shape index (κ2) is 6.37. The topological polar surface area (TPSA) is 18.5 Å². The smallest absolute Gasteiger partial charge is 0.157 e. The Balaban J connectivity index is 2.49. The number of rotatable bonds is 5. The van der Waals surface area contributed by atoms with Crippen LogP contribution in [0.3, 0.4) is 0 Å². The molecule has 1 aromatic rings. The van der Waals surface area contributed by atoms with Gasteiger partial charge in [0, 0.05) is 10.7 Å². The first-order valence-electron chi connectivity index (χ1n) is 4.65. The zero-order valence-corrected chi connectivity index (χ0v) is 10.7. The summed E-state index contributed by atoms with van der Waals surface area (Å²) in [5.41, 5.74) is 1.21. The second-order valence-corrected chi connectivity index (χ2v) is 4.14. The molecule has 1 atom stereocenters. The van der Waals surface area contributed by atoms with Gasteiger partial charge in [-0.2, -0.15) is 0 Å². The first kappa shape index (κ1) is 11.9. The summed E-state index contributed by atoms with van der Waals surface area (Å²) < 4.78 is 11.9. The van der Waals surface area contributed by atoms with Crippen molar-refractivity contribution >= 4 is 22.6 Å². The molecular weight excluding hydrogens is 291 g/mol. The van der Waals surface area contributed by atoms with E-state index in [1.54, 1.807) is 7.11 Å². The van der Waals surface area contributed by atoms with Crippen molar-refractivity contribution in [2.75, 3.05) is 7.11 Å². The molecule has 3 heteroatoms. The van der Waals surface area contributed by atoms with Gasteiger partial charge in [-0.05, 0) is 40.6 Å². The average molecular weight is 306 g/mol. The standard InChI is InChI=1S/C11H15IO2/c1-3-11(13-2)14-8-9-6-4-5-7-10(9)12/h4-7,11H,3,8H2,1-2H3/t11-/m0/s1. The Morgan fingerprint density at radius 1 is 1.36 bits per heavy atom. The lowest BCUT2D eigenvalue weighted by molar-refractivity contribution is -0.132. The summed E-state index contributed by atoms with van der Waals surface area (Å²) in [5, 5.41) is 0. The Labute approximate surface area is 98.7 Å². The van der Waals surface area contributed by atoms with Crippen molar-refractivity contribution in [2.45, 2.75) is 26.2 Å². The second-order valence-electron chi connectivity index (χ2n) is 2.98. The minimum Gasteiger partial charge on any atom is -0.356 e. The van der Waals surface area contributed by atoms with E-state index in [0.717, 1.165) is 6.42 Å². The monoisotopic (exact) mass is 306 g/mol. The SMILES string of the molecule is CC[C@@H](OC)OCc1ccccc1I. The maximum Gasteiger partial charge on any atom is 0.157 e. The summed E-state index contributed by atoms with van der Waals surface area (Å²) in [6.07, 6.45) is 0.783. The summed E-state index contributed by atoms with van der Waals surface area (Å²) in [7, 11) is 1.67. The van der Waals surface area contributed by atoms with Crippen LogP contribution in [-0.4, -0.2) is 13.4 Å². The lowest BCUT2D eigenvalue weighted by Gasteiger charge is -2.14. The lowest BCUT2D eigenvalue weighted by atomic mass is 10.2. The van der Waals surface area contributed by atoms with Crippen molar-refractivity contribution in [3.8, 4) is 0 Å². The zero-order chi connectivity index (χ0) is 10.4. The van der Waals surface area contributed by atoms with Crippen LogP contribution < -0.4 is 0 Å². The van der Waals surface area contributed by atoms with Gasteiger partial charge in [-0.15, -0.1) is 0 Å². The normalized spacial score (nSPS) is 12.8. The number of hydrogen-bond acceptors (Lipinski definition) is 2. The summed E-state index contributed by atoms with van der Waals surface area (Å²) >= 11 is 2.31. The van der Waals surface area contributed by atoms with Crippen LogP contribution in [0.25, 0.3) is 0 Å². The highest BCUT2D eigenvalue weighted by Crippen LogP contribution is 2.13. The maximum atomic E-state index is 5.58. The molecule has 2 nitrogen and oxygen atoms in total. The van der Waals surface area contributed by atoms with Gasteiger partial charge >= 0.3 is 0 Å². The first-order chi connectivity index (χ1) is 6.77. The molecule has 78 valence electrons. The van der Waals surface area contributed by atoms with Crippen molar-refractivity contribution in [3.05, 3.63) is 33.4 Å². The quantitative estimate of drug-likeness (QED) is 0.614. The van der Waals surface area contributed by atoms with Crippen LogP contribution in [-0.2, 0) is 16.1 Å². The van der Waals surface area contributed by atoms with Crippen molar-refractivity contribution in [3.63, 3.8) is 0 Å². The fraction of sp³-hybridized carbons (Fsp3) is 0.455. The van der Waals surface area contributed by atoms with E-state index in [9.17, 15) is 0 Å². The predicted octanol–water partition coefficient (Wildman–Crippen LogP) is 3.19. The molecule has 0 amide bonds. The van der Waals surface area contributed by atoms with Crippen LogP contribution in [0.4, 0.5) is 0 Å². The number of benzene rings is 1. The molecule has 14 heavy (non-hydrogen) atoms. The molecule has 0 heterocycles. The van der Waals surface area contributed by atoms with E-state index in [2.05, 4.69) is 34.7 Å². The fourth-order valence-electron chi connectivity index (χ4n) is 1.15. The molecule has 0 N–H and O–H groups in total. The van der Waals surface area contributed by atoms with Gasteiger partial charge in [-0.3, -0.25) is 0 Å². The van der Waals surface area contributed by atoms with E-state index < -0.39 is 0 Å². The van der Waals surface area contributed by atoms with Crippen molar-refractivity contribution in [1.29, 1.82) is 0 Å². The Morgan fingerprint density at radius 2 is 2.07 bits per heavy atom. The van der Waals surface area contributed by atoms with Gasteiger partial charge in [-0.1, -0.05) is 25.1 Å². The van der Waals surface area contributed by atoms with E-state index in [4.69, 9.17) is 9.47 Å². The largest absolute Gasteiger partial charge is 0.356 e. The molecule has 0 bridgehead atoms. The third-order valence-electron chi connectivity index (χ3n) is 1.98. The van der Waals surface area contributed by atoms with E-state index in [0.29, 0.717) is 6.61 Å². The first-order valence-corrected chi connectivity index (χ1v) is 5.73. The highest BCUT2D eigenvalue weighted by atomic mass is 127. The van der Waals surface area contributed by atoms with E-state index >= 15 is 0 Å². The molecular formula is C11H15IO2. The molecule has 0 saturated heterocycles. The maximum absolute atomic E-state index is 5.58. The Kier molecular flexibility index (Phi) is 5.44. The van der Waals surface area contributed by atoms with Crippen molar-refractivity contribution < 1.29 is 9.47 Å². The number of methoxy groups -OCH3 is 1. The average Bonchev–Trinajstić information content (AvgIpc) is 2.22. The van der Waals surface area contributed by atoms with Crippen LogP contribution in [0, 0.1) is 3.57 Å². The van der Waals surface area contributed by atoms with Crippen LogP contribution in [0.1, 0.15) is 18.9 Å². The van der Waals surface area contributed by atoms with Gasteiger partial charge in [0.05, 0.1) is 6.61 Å². The van der Waals surface area contributed by atoms with E-state index in [1.165, 1.54) is 9.13 Å². The lowest BCUT2D eigenvalue weighted by Crippen LogP contribution is -2.13. The molecule has 1 rings (SSSR count). The number of ether oxygens (including phenoxy) is 2. The zero-order valence-electron chi connectivity index (χ0n) is 8.50. The summed E-state index contributed by atoms with van der Waals surface area (Å²) in [6, 6.07) is 8.20. The van der Waals surface area contributed by atoms with Crippen LogP contribution in [0.2, 0.25) is 0 Å². The van der Waals surface area contributed by atoms with Gasteiger partial charge in [0.1, 0.15) is 0 Å². The van der Waals surface area contributed by atoms with E-state index in [-0.39, 0.29) is 6.29 Å². The van der Waals surface area contributed by atoms with Crippen LogP contribution in [0.5, 0.6) is 0 Å². The van der Waals surface area contributed by atoms with Crippen LogP contribution in [0.15, 0.2) is 24.3 Å². The van der Waals surface area contributed by atoms with Gasteiger partial charge < -0.3 is 9.47 Å². The Hall–Kier alpha value is -0.130. The molecule has 1 aromatic carbocycles.